The summed E-state index contributed by atoms with van der Waals surface area (Å²) in [5.74, 6) is -2.71. The summed E-state index contributed by atoms with van der Waals surface area (Å²) in [6.45, 7) is 3.25. The van der Waals surface area contributed by atoms with Gasteiger partial charge in [-0.1, -0.05) is 13.8 Å². The Balaban J connectivity index is 2.22. The minimum absolute atomic E-state index is 0.00775. The fourth-order valence-corrected chi connectivity index (χ4v) is 3.06. The zero-order valence-corrected chi connectivity index (χ0v) is 15.1. The van der Waals surface area contributed by atoms with Gasteiger partial charge < -0.3 is 10.2 Å². The van der Waals surface area contributed by atoms with E-state index in [0.29, 0.717) is 11.5 Å². The minimum atomic E-state index is -1.44. The van der Waals surface area contributed by atoms with Crippen molar-refractivity contribution in [3.05, 3.63) is 0 Å². The zero-order chi connectivity index (χ0) is 19.0. The molecule has 1 aliphatic rings. The van der Waals surface area contributed by atoms with Crippen LogP contribution in [0.2, 0.25) is 0 Å². The van der Waals surface area contributed by atoms with Crippen LogP contribution < -0.4 is 5.32 Å². The Kier molecular flexibility index (Phi) is 8.39. The maximum atomic E-state index is 11.7. The molecule has 1 unspecified atom stereocenters. The fourth-order valence-electron chi connectivity index (χ4n) is 2.02. The molecule has 1 rings (SSSR count). The van der Waals surface area contributed by atoms with Crippen LogP contribution in [0.1, 0.15) is 39.5 Å². The third-order valence-electron chi connectivity index (χ3n) is 3.14. The van der Waals surface area contributed by atoms with Crippen LogP contribution in [0.25, 0.3) is 0 Å². The van der Waals surface area contributed by atoms with E-state index in [4.69, 9.17) is 0 Å². The number of imide groups is 1. The molecule has 0 aliphatic carbocycles. The largest absolute Gasteiger partial charge is 0.352 e. The quantitative estimate of drug-likeness (QED) is 0.509. The number of hydrogen-bond acceptors (Lipinski definition) is 7. The summed E-state index contributed by atoms with van der Waals surface area (Å²) >= 11 is 0. The first-order valence-electron chi connectivity index (χ1n) is 7.89. The van der Waals surface area contributed by atoms with Crippen LogP contribution in [0, 0.1) is 5.92 Å². The number of ketones is 1. The molecule has 0 aromatic heterocycles. The molecular formula is C15H22N2O7S. The van der Waals surface area contributed by atoms with Gasteiger partial charge in [-0.25, -0.2) is 4.79 Å². The molecule has 0 aromatic carbocycles. The standard InChI is InChI=1S/C15H22N2O7S/c1-10(2)7-11(18)9-25(23)6-5-12(19)16-8-15(22)24-17-13(20)3-4-14(17)21/h10H,3-9H2,1-2H3,(H,16,19). The summed E-state index contributed by atoms with van der Waals surface area (Å²) in [6.07, 6.45) is 0.202. The number of hydroxylamine groups is 2. The van der Waals surface area contributed by atoms with E-state index in [-0.39, 0.29) is 42.5 Å². The number of carbonyl (C=O) groups is 5. The van der Waals surface area contributed by atoms with E-state index in [1.807, 2.05) is 13.8 Å². The lowest BCUT2D eigenvalue weighted by molar-refractivity contribution is -0.196. The van der Waals surface area contributed by atoms with Crippen molar-refractivity contribution >= 4 is 40.3 Å². The Morgan fingerprint density at radius 3 is 2.36 bits per heavy atom. The molecule has 1 aliphatic heterocycles. The normalized spacial score (nSPS) is 15.4. The molecule has 140 valence electrons. The van der Waals surface area contributed by atoms with Gasteiger partial charge in [-0.15, -0.1) is 5.06 Å². The van der Waals surface area contributed by atoms with Gasteiger partial charge in [0.2, 0.25) is 5.91 Å². The second-order valence-electron chi connectivity index (χ2n) is 6.00. The minimum Gasteiger partial charge on any atom is -0.345 e. The molecule has 0 aromatic rings. The van der Waals surface area contributed by atoms with Crippen molar-refractivity contribution in [3.8, 4) is 0 Å². The van der Waals surface area contributed by atoms with Crippen LogP contribution in [0.3, 0.4) is 0 Å². The molecule has 3 amide bonds. The van der Waals surface area contributed by atoms with E-state index in [9.17, 15) is 28.2 Å². The van der Waals surface area contributed by atoms with Crippen LogP contribution >= 0.6 is 0 Å². The Morgan fingerprint density at radius 1 is 1.20 bits per heavy atom. The van der Waals surface area contributed by atoms with Crippen molar-refractivity contribution in [2.24, 2.45) is 5.92 Å². The molecule has 0 radical (unpaired) electrons. The van der Waals surface area contributed by atoms with E-state index in [2.05, 4.69) is 10.2 Å². The molecule has 1 heterocycles. The molecule has 1 N–H and O–H groups in total. The van der Waals surface area contributed by atoms with Gasteiger partial charge in [0.05, 0.1) is 5.75 Å². The summed E-state index contributed by atoms with van der Waals surface area (Å²) in [6, 6.07) is 0. The smallest absolute Gasteiger partial charge is 0.345 e. The van der Waals surface area contributed by atoms with Gasteiger partial charge in [-0.05, 0) is 5.92 Å². The molecule has 1 fully saturated rings. The Labute approximate surface area is 147 Å². The number of rotatable bonds is 10. The molecule has 1 saturated heterocycles. The summed E-state index contributed by atoms with van der Waals surface area (Å²) < 4.78 is 11.7. The number of carbonyl (C=O) groups excluding carboxylic acids is 5. The molecule has 1 atom stereocenters. The fraction of sp³-hybridized carbons (Fsp3) is 0.667. The van der Waals surface area contributed by atoms with Crippen molar-refractivity contribution in [1.29, 1.82) is 0 Å². The highest BCUT2D eigenvalue weighted by Gasteiger charge is 2.32. The lowest BCUT2D eigenvalue weighted by Gasteiger charge is -2.12. The zero-order valence-electron chi connectivity index (χ0n) is 14.2. The topological polar surface area (TPSA) is 127 Å². The van der Waals surface area contributed by atoms with Gasteiger partial charge in [0.15, 0.2) is 0 Å². The van der Waals surface area contributed by atoms with Gasteiger partial charge in [0, 0.05) is 42.2 Å². The maximum absolute atomic E-state index is 11.7. The number of amides is 3. The predicted octanol–water partition coefficient (Wildman–Crippen LogP) is -0.536. The number of nitrogens with zero attached hydrogens (tertiary/aromatic N) is 1. The molecule has 25 heavy (non-hydrogen) atoms. The monoisotopic (exact) mass is 374 g/mol. The Hall–Kier alpha value is -2.10. The molecular weight excluding hydrogens is 352 g/mol. The lowest BCUT2D eigenvalue weighted by Crippen LogP contribution is -2.38. The molecule has 10 heteroatoms. The van der Waals surface area contributed by atoms with E-state index in [0.717, 1.165) is 0 Å². The van der Waals surface area contributed by atoms with Gasteiger partial charge in [-0.3, -0.25) is 23.4 Å². The van der Waals surface area contributed by atoms with E-state index >= 15 is 0 Å². The molecule has 0 bridgehead atoms. The number of nitrogens with one attached hydrogen (secondary N) is 1. The highest BCUT2D eigenvalue weighted by Crippen LogP contribution is 2.11. The first-order valence-corrected chi connectivity index (χ1v) is 9.37. The number of Topliss-reactive ketones (excluding diaryl/α,β-unsaturated/α-hetero) is 1. The van der Waals surface area contributed by atoms with Crippen molar-refractivity contribution < 1.29 is 33.0 Å². The average molecular weight is 374 g/mol. The van der Waals surface area contributed by atoms with Crippen LogP contribution in [0.5, 0.6) is 0 Å². The van der Waals surface area contributed by atoms with Gasteiger partial charge >= 0.3 is 5.97 Å². The third kappa shape index (κ3) is 8.01. The van der Waals surface area contributed by atoms with Gasteiger partial charge in [-0.2, -0.15) is 0 Å². The van der Waals surface area contributed by atoms with Crippen LogP contribution in [0.4, 0.5) is 0 Å². The number of hydrogen-bond donors (Lipinski definition) is 1. The van der Waals surface area contributed by atoms with E-state index in [1.165, 1.54) is 0 Å². The Bertz CT molecular complexity index is 572. The second-order valence-corrected chi connectivity index (χ2v) is 7.57. The molecule has 0 spiro atoms. The van der Waals surface area contributed by atoms with Crippen molar-refractivity contribution in [2.75, 3.05) is 18.1 Å². The average Bonchev–Trinajstić information content (AvgIpc) is 2.82. The van der Waals surface area contributed by atoms with Crippen molar-refractivity contribution in [2.45, 2.75) is 39.5 Å². The SMILES string of the molecule is CC(C)CC(=O)CS(=O)CCC(=O)NCC(=O)ON1C(=O)CCC1=O. The first-order chi connectivity index (χ1) is 11.7. The van der Waals surface area contributed by atoms with Crippen molar-refractivity contribution in [1.82, 2.24) is 10.4 Å². The molecule has 9 nitrogen and oxygen atoms in total. The van der Waals surface area contributed by atoms with E-state index in [1.54, 1.807) is 0 Å². The highest BCUT2D eigenvalue weighted by molar-refractivity contribution is 7.85. The Morgan fingerprint density at radius 2 is 1.80 bits per heavy atom. The summed E-state index contributed by atoms with van der Waals surface area (Å²) in [4.78, 5) is 61.7. The molecule has 0 saturated carbocycles. The van der Waals surface area contributed by atoms with Gasteiger partial charge in [0.25, 0.3) is 11.8 Å². The van der Waals surface area contributed by atoms with E-state index < -0.39 is 41.0 Å². The summed E-state index contributed by atoms with van der Waals surface area (Å²) in [5.41, 5.74) is 0. The van der Waals surface area contributed by atoms with Crippen LogP contribution in [-0.4, -0.2) is 56.8 Å². The van der Waals surface area contributed by atoms with Gasteiger partial charge in [0.1, 0.15) is 12.3 Å². The third-order valence-corrected chi connectivity index (χ3v) is 4.45. The summed E-state index contributed by atoms with van der Waals surface area (Å²) in [5, 5.41) is 2.64. The maximum Gasteiger partial charge on any atom is 0.352 e. The van der Waals surface area contributed by atoms with Crippen molar-refractivity contribution in [3.63, 3.8) is 0 Å². The first kappa shape index (κ1) is 20.9. The lowest BCUT2D eigenvalue weighted by atomic mass is 10.1. The van der Waals surface area contributed by atoms with Crippen LogP contribution in [-0.2, 0) is 39.6 Å². The summed E-state index contributed by atoms with van der Waals surface area (Å²) in [7, 11) is -1.44. The second kappa shape index (κ2) is 10.0. The highest BCUT2D eigenvalue weighted by atomic mass is 32.2. The van der Waals surface area contributed by atoms with Crippen LogP contribution in [0.15, 0.2) is 0 Å². The predicted molar refractivity (Wildman–Crippen MR) is 87.1 cm³/mol.